The van der Waals surface area contributed by atoms with Crippen LogP contribution in [0.5, 0.6) is 0 Å². The van der Waals surface area contributed by atoms with Gasteiger partial charge in [-0.1, -0.05) is 115 Å². The smallest absolute Gasteiger partial charge is 0.0788 e. The Balaban J connectivity index is 1.32. The molecule has 3 heterocycles. The average molecular weight is 591 g/mol. The lowest BCUT2D eigenvalue weighted by molar-refractivity contribution is 1.15. The van der Waals surface area contributed by atoms with Gasteiger partial charge in [-0.15, -0.1) is 11.3 Å². The molecule has 0 aliphatic heterocycles. The predicted molar refractivity (Wildman–Crippen MR) is 193 cm³/mol. The van der Waals surface area contributed by atoms with Gasteiger partial charge in [-0.25, -0.2) is 0 Å². The van der Waals surface area contributed by atoms with Crippen molar-refractivity contribution in [2.45, 2.75) is 0 Å². The van der Waals surface area contributed by atoms with E-state index in [1.54, 1.807) is 0 Å². The Bertz CT molecular complexity index is 2740. The molecule has 0 saturated heterocycles. The van der Waals surface area contributed by atoms with Crippen molar-refractivity contribution >= 4 is 75.1 Å². The molecule has 3 aromatic heterocycles. The second kappa shape index (κ2) is 9.43. The van der Waals surface area contributed by atoms with Gasteiger partial charge < -0.3 is 9.13 Å². The summed E-state index contributed by atoms with van der Waals surface area (Å²) < 4.78 is 7.59. The molecule has 0 atom stereocenters. The Kier molecular flexibility index (Phi) is 5.19. The highest BCUT2D eigenvalue weighted by molar-refractivity contribution is 7.25. The first-order valence-electron chi connectivity index (χ1n) is 15.4. The number of benzene rings is 7. The van der Waals surface area contributed by atoms with Crippen LogP contribution in [0.1, 0.15) is 0 Å². The number of para-hydroxylation sites is 2. The Morgan fingerprint density at radius 1 is 0.333 bits per heavy atom. The molecule has 7 aromatic carbocycles. The first-order chi connectivity index (χ1) is 22.3. The van der Waals surface area contributed by atoms with E-state index in [1.165, 1.54) is 80.6 Å². The summed E-state index contributed by atoms with van der Waals surface area (Å²) in [5, 5.41) is 7.70. The molecule has 0 fully saturated rings. The molecule has 0 saturated carbocycles. The minimum absolute atomic E-state index is 1.16. The van der Waals surface area contributed by atoms with Crippen LogP contribution in [0.2, 0.25) is 0 Å². The van der Waals surface area contributed by atoms with Crippen molar-refractivity contribution in [2.75, 3.05) is 0 Å². The lowest BCUT2D eigenvalue weighted by atomic mass is 10.1. The van der Waals surface area contributed by atoms with Crippen molar-refractivity contribution in [2.24, 2.45) is 0 Å². The van der Waals surface area contributed by atoms with Crippen molar-refractivity contribution < 1.29 is 0 Å². The van der Waals surface area contributed by atoms with Gasteiger partial charge in [0.15, 0.2) is 0 Å². The van der Waals surface area contributed by atoms with E-state index in [4.69, 9.17) is 0 Å². The maximum Gasteiger partial charge on any atom is 0.0788 e. The monoisotopic (exact) mass is 590 g/mol. The maximum absolute atomic E-state index is 2.49. The van der Waals surface area contributed by atoms with Crippen LogP contribution < -0.4 is 0 Å². The quantitative estimate of drug-likeness (QED) is 0.194. The molecule has 10 aromatic rings. The standard InChI is InChI=1S/C42H26N2S/c1-2-10-27(11-3-1)28-18-20-29(21-19-28)43-37-15-7-4-12-31(37)35-24-25-36-32-13-5-8-16-38(32)44(42(36)41(35)43)30-22-23-34-33-14-6-9-17-39(33)45-40(34)26-30/h1-26H. The third kappa shape index (κ3) is 3.56. The fraction of sp³-hybridized carbons (Fsp3) is 0. The van der Waals surface area contributed by atoms with E-state index in [-0.39, 0.29) is 0 Å². The van der Waals surface area contributed by atoms with Crippen LogP contribution in [-0.4, -0.2) is 9.13 Å². The van der Waals surface area contributed by atoms with Crippen LogP contribution in [0.15, 0.2) is 158 Å². The number of hydrogen-bond acceptors (Lipinski definition) is 1. The van der Waals surface area contributed by atoms with E-state index in [1.807, 2.05) is 11.3 Å². The molecule has 2 nitrogen and oxygen atoms in total. The van der Waals surface area contributed by atoms with Gasteiger partial charge in [0.05, 0.1) is 22.1 Å². The zero-order valence-electron chi connectivity index (χ0n) is 24.3. The lowest BCUT2D eigenvalue weighted by Gasteiger charge is -2.13. The normalized spacial score (nSPS) is 12.0. The molecule has 0 aliphatic rings. The van der Waals surface area contributed by atoms with Crippen LogP contribution in [0, 0.1) is 0 Å². The van der Waals surface area contributed by atoms with E-state index in [0.29, 0.717) is 0 Å². The van der Waals surface area contributed by atoms with Gasteiger partial charge in [0.2, 0.25) is 0 Å². The first kappa shape index (κ1) is 24.8. The van der Waals surface area contributed by atoms with Gasteiger partial charge in [0.25, 0.3) is 0 Å². The summed E-state index contributed by atoms with van der Waals surface area (Å²) in [4.78, 5) is 0. The molecule has 0 N–H and O–H groups in total. The van der Waals surface area contributed by atoms with Gasteiger partial charge in [-0.05, 0) is 53.6 Å². The van der Waals surface area contributed by atoms with Crippen molar-refractivity contribution in [1.29, 1.82) is 0 Å². The lowest BCUT2D eigenvalue weighted by Crippen LogP contribution is -1.98. The molecule has 0 radical (unpaired) electrons. The number of rotatable bonds is 3. The first-order valence-corrected chi connectivity index (χ1v) is 16.2. The number of aromatic nitrogens is 2. The Morgan fingerprint density at radius 2 is 0.822 bits per heavy atom. The largest absolute Gasteiger partial charge is 0.307 e. The summed E-state index contributed by atoms with van der Waals surface area (Å²) in [6, 6.07) is 57.7. The van der Waals surface area contributed by atoms with Gasteiger partial charge in [-0.3, -0.25) is 0 Å². The molecule has 0 amide bonds. The number of thiophene rings is 1. The molecule has 210 valence electrons. The second-order valence-corrected chi connectivity index (χ2v) is 12.8. The van der Waals surface area contributed by atoms with Crippen molar-refractivity contribution in [3.05, 3.63) is 158 Å². The van der Waals surface area contributed by atoms with Gasteiger partial charge in [-0.2, -0.15) is 0 Å². The van der Waals surface area contributed by atoms with Gasteiger partial charge >= 0.3 is 0 Å². The molecule has 45 heavy (non-hydrogen) atoms. The summed E-state index contributed by atoms with van der Waals surface area (Å²) in [6.45, 7) is 0. The fourth-order valence-corrected chi connectivity index (χ4v) is 8.46. The van der Waals surface area contributed by atoms with Crippen LogP contribution in [-0.2, 0) is 0 Å². The molecule has 0 spiro atoms. The zero-order chi connectivity index (χ0) is 29.5. The highest BCUT2D eigenvalue weighted by atomic mass is 32.1. The van der Waals surface area contributed by atoms with Crippen LogP contribution in [0.3, 0.4) is 0 Å². The highest BCUT2D eigenvalue weighted by Gasteiger charge is 2.21. The molecule has 3 heteroatoms. The number of fused-ring (bicyclic) bond motifs is 10. The predicted octanol–water partition coefficient (Wildman–Crippen LogP) is 11.9. The highest BCUT2D eigenvalue weighted by Crippen LogP contribution is 2.43. The summed E-state index contributed by atoms with van der Waals surface area (Å²) in [5.74, 6) is 0. The number of hydrogen-bond donors (Lipinski definition) is 0. The SMILES string of the molecule is c1ccc(-c2ccc(-n3c4ccccc4c4ccc5c6ccccc6n(-c6ccc7c(c6)sc6ccccc67)c5c43)cc2)cc1. The summed E-state index contributed by atoms with van der Waals surface area (Å²) in [6.07, 6.45) is 0. The van der Waals surface area contributed by atoms with Crippen molar-refractivity contribution in [1.82, 2.24) is 9.13 Å². The Morgan fingerprint density at radius 3 is 1.51 bits per heavy atom. The number of nitrogens with zero attached hydrogens (tertiary/aromatic N) is 2. The molecule has 0 bridgehead atoms. The van der Waals surface area contributed by atoms with E-state index in [0.717, 1.165) is 5.69 Å². The summed E-state index contributed by atoms with van der Waals surface area (Å²) >= 11 is 1.87. The maximum atomic E-state index is 2.49. The summed E-state index contributed by atoms with van der Waals surface area (Å²) in [7, 11) is 0. The minimum Gasteiger partial charge on any atom is -0.307 e. The van der Waals surface area contributed by atoms with Crippen LogP contribution in [0.25, 0.3) is 86.3 Å². The summed E-state index contributed by atoms with van der Waals surface area (Å²) in [5.41, 5.74) is 9.68. The molecule has 0 unspecified atom stereocenters. The molecular weight excluding hydrogens is 565 g/mol. The molecule has 0 aliphatic carbocycles. The van der Waals surface area contributed by atoms with E-state index in [9.17, 15) is 0 Å². The molecular formula is C42H26N2S. The van der Waals surface area contributed by atoms with E-state index in [2.05, 4.69) is 167 Å². The second-order valence-electron chi connectivity index (χ2n) is 11.8. The van der Waals surface area contributed by atoms with Crippen molar-refractivity contribution in [3.63, 3.8) is 0 Å². The van der Waals surface area contributed by atoms with Crippen LogP contribution in [0.4, 0.5) is 0 Å². The Labute approximate surface area is 263 Å². The molecule has 10 rings (SSSR count). The third-order valence-corrected chi connectivity index (χ3v) is 10.5. The van der Waals surface area contributed by atoms with E-state index < -0.39 is 0 Å². The zero-order valence-corrected chi connectivity index (χ0v) is 25.1. The van der Waals surface area contributed by atoms with Gasteiger partial charge in [0, 0.05) is 53.1 Å². The van der Waals surface area contributed by atoms with Crippen molar-refractivity contribution in [3.8, 4) is 22.5 Å². The van der Waals surface area contributed by atoms with Crippen LogP contribution >= 0.6 is 11.3 Å². The average Bonchev–Trinajstić information content (AvgIpc) is 3.76. The fourth-order valence-electron chi connectivity index (χ4n) is 7.32. The van der Waals surface area contributed by atoms with Gasteiger partial charge in [0.1, 0.15) is 0 Å². The Hall–Kier alpha value is -5.64. The van der Waals surface area contributed by atoms with E-state index >= 15 is 0 Å². The third-order valence-electron chi connectivity index (χ3n) is 9.32. The minimum atomic E-state index is 1.16. The topological polar surface area (TPSA) is 9.86 Å².